The third-order valence-electron chi connectivity index (χ3n) is 2.66. The van der Waals surface area contributed by atoms with Crippen LogP contribution in [0.3, 0.4) is 0 Å². The van der Waals surface area contributed by atoms with E-state index in [0.717, 1.165) is 5.92 Å². The SMILES string of the molecule is CCC1CCC(SC(=N)N)CC1. The number of hydrogen-bond acceptors (Lipinski definition) is 2. The van der Waals surface area contributed by atoms with Crippen LogP contribution in [0.2, 0.25) is 0 Å². The van der Waals surface area contributed by atoms with E-state index in [4.69, 9.17) is 11.1 Å². The first-order valence-corrected chi connectivity index (χ1v) is 5.61. The minimum Gasteiger partial charge on any atom is -0.379 e. The van der Waals surface area contributed by atoms with Gasteiger partial charge in [0.1, 0.15) is 0 Å². The minimum absolute atomic E-state index is 0.287. The van der Waals surface area contributed by atoms with Gasteiger partial charge in [0.2, 0.25) is 0 Å². The van der Waals surface area contributed by atoms with E-state index < -0.39 is 0 Å². The Hall–Kier alpha value is -0.180. The van der Waals surface area contributed by atoms with Crippen LogP contribution in [0.4, 0.5) is 0 Å². The molecule has 0 atom stereocenters. The Morgan fingerprint density at radius 1 is 1.42 bits per heavy atom. The molecule has 70 valence electrons. The maximum absolute atomic E-state index is 7.17. The van der Waals surface area contributed by atoms with Gasteiger partial charge in [-0.3, -0.25) is 5.41 Å². The van der Waals surface area contributed by atoms with E-state index >= 15 is 0 Å². The first-order chi connectivity index (χ1) is 5.72. The van der Waals surface area contributed by atoms with Gasteiger partial charge in [-0.1, -0.05) is 25.1 Å². The summed E-state index contributed by atoms with van der Waals surface area (Å²) in [7, 11) is 0. The van der Waals surface area contributed by atoms with Crippen molar-refractivity contribution in [3.63, 3.8) is 0 Å². The fourth-order valence-corrected chi connectivity index (χ4v) is 2.70. The standard InChI is InChI=1S/C9H18N2S/c1-2-7-3-5-8(6-4-7)12-9(10)11/h7-8H,2-6H2,1H3,(H3,10,11). The second kappa shape index (κ2) is 4.75. The smallest absolute Gasteiger partial charge is 0.151 e. The summed E-state index contributed by atoms with van der Waals surface area (Å²) < 4.78 is 0. The number of hydrogen-bond donors (Lipinski definition) is 2. The Balaban J connectivity index is 2.21. The lowest BCUT2D eigenvalue weighted by Crippen LogP contribution is -2.19. The average molecular weight is 186 g/mol. The van der Waals surface area contributed by atoms with Crippen molar-refractivity contribution in [2.45, 2.75) is 44.3 Å². The molecule has 12 heavy (non-hydrogen) atoms. The molecule has 0 radical (unpaired) electrons. The van der Waals surface area contributed by atoms with Crippen LogP contribution in [0.25, 0.3) is 0 Å². The van der Waals surface area contributed by atoms with Gasteiger partial charge in [0.25, 0.3) is 0 Å². The van der Waals surface area contributed by atoms with E-state index in [1.54, 1.807) is 11.8 Å². The summed E-state index contributed by atoms with van der Waals surface area (Å²) in [5.41, 5.74) is 5.34. The van der Waals surface area contributed by atoms with Gasteiger partial charge in [0, 0.05) is 5.25 Å². The van der Waals surface area contributed by atoms with Crippen LogP contribution in [0.1, 0.15) is 39.0 Å². The fourth-order valence-electron chi connectivity index (χ4n) is 1.84. The molecule has 1 aliphatic carbocycles. The highest BCUT2D eigenvalue weighted by atomic mass is 32.2. The summed E-state index contributed by atoms with van der Waals surface area (Å²) >= 11 is 1.55. The molecular formula is C9H18N2S. The van der Waals surface area contributed by atoms with E-state index in [0.29, 0.717) is 5.25 Å². The third kappa shape index (κ3) is 3.05. The molecule has 0 aromatic heterocycles. The first-order valence-electron chi connectivity index (χ1n) is 4.73. The molecule has 2 nitrogen and oxygen atoms in total. The molecule has 0 aromatic carbocycles. The van der Waals surface area contributed by atoms with Crippen molar-refractivity contribution < 1.29 is 0 Å². The second-order valence-electron chi connectivity index (χ2n) is 3.53. The molecule has 0 unspecified atom stereocenters. The molecule has 0 aromatic rings. The Morgan fingerprint density at radius 3 is 2.42 bits per heavy atom. The Kier molecular flexibility index (Phi) is 3.92. The minimum atomic E-state index is 0.287. The molecule has 0 bridgehead atoms. The van der Waals surface area contributed by atoms with Crippen LogP contribution < -0.4 is 5.73 Å². The molecule has 3 heteroatoms. The van der Waals surface area contributed by atoms with Crippen molar-refractivity contribution in [1.29, 1.82) is 5.41 Å². The maximum atomic E-state index is 7.17. The zero-order chi connectivity index (χ0) is 8.97. The Labute approximate surface area is 78.8 Å². The highest BCUT2D eigenvalue weighted by Crippen LogP contribution is 2.32. The number of nitrogens with one attached hydrogen (secondary N) is 1. The van der Waals surface area contributed by atoms with Gasteiger partial charge >= 0.3 is 0 Å². The van der Waals surface area contributed by atoms with Crippen molar-refractivity contribution >= 4 is 16.9 Å². The average Bonchev–Trinajstić information content (AvgIpc) is 2.05. The summed E-state index contributed by atoms with van der Waals surface area (Å²) in [6, 6.07) is 0. The van der Waals surface area contributed by atoms with Gasteiger partial charge in [-0.05, 0) is 31.6 Å². The molecule has 0 amide bonds. The maximum Gasteiger partial charge on any atom is 0.151 e. The van der Waals surface area contributed by atoms with Gasteiger partial charge in [0.15, 0.2) is 5.17 Å². The number of rotatable bonds is 2. The van der Waals surface area contributed by atoms with Crippen LogP contribution in [0.5, 0.6) is 0 Å². The summed E-state index contributed by atoms with van der Waals surface area (Å²) in [6.07, 6.45) is 6.49. The van der Waals surface area contributed by atoms with Gasteiger partial charge in [0.05, 0.1) is 0 Å². The lowest BCUT2D eigenvalue weighted by atomic mass is 9.87. The van der Waals surface area contributed by atoms with E-state index in [2.05, 4.69) is 6.92 Å². The molecule has 0 saturated heterocycles. The van der Waals surface area contributed by atoms with Crippen LogP contribution in [-0.2, 0) is 0 Å². The Morgan fingerprint density at radius 2 is 2.00 bits per heavy atom. The fraction of sp³-hybridized carbons (Fsp3) is 0.889. The van der Waals surface area contributed by atoms with Crippen molar-refractivity contribution in [2.75, 3.05) is 0 Å². The quantitative estimate of drug-likeness (QED) is 0.514. The molecule has 0 spiro atoms. The first kappa shape index (κ1) is 9.90. The van der Waals surface area contributed by atoms with Crippen molar-refractivity contribution in [2.24, 2.45) is 11.7 Å². The van der Waals surface area contributed by atoms with E-state index in [-0.39, 0.29) is 5.17 Å². The second-order valence-corrected chi connectivity index (χ2v) is 4.88. The van der Waals surface area contributed by atoms with Crippen molar-refractivity contribution in [1.82, 2.24) is 0 Å². The largest absolute Gasteiger partial charge is 0.379 e. The zero-order valence-electron chi connectivity index (χ0n) is 7.68. The number of thioether (sulfide) groups is 1. The summed E-state index contributed by atoms with van der Waals surface area (Å²) in [4.78, 5) is 0. The zero-order valence-corrected chi connectivity index (χ0v) is 8.49. The number of amidine groups is 1. The Bertz CT molecular complexity index is 151. The van der Waals surface area contributed by atoms with Crippen LogP contribution >= 0.6 is 11.8 Å². The molecule has 1 rings (SSSR count). The third-order valence-corrected chi connectivity index (χ3v) is 3.72. The molecule has 3 N–H and O–H groups in total. The topological polar surface area (TPSA) is 49.9 Å². The van der Waals surface area contributed by atoms with Crippen LogP contribution in [0.15, 0.2) is 0 Å². The van der Waals surface area contributed by atoms with Gasteiger partial charge < -0.3 is 5.73 Å². The van der Waals surface area contributed by atoms with E-state index in [1.165, 1.54) is 32.1 Å². The van der Waals surface area contributed by atoms with Crippen LogP contribution in [0, 0.1) is 11.3 Å². The molecule has 0 heterocycles. The number of nitrogens with two attached hydrogens (primary N) is 1. The van der Waals surface area contributed by atoms with E-state index in [1.807, 2.05) is 0 Å². The van der Waals surface area contributed by atoms with E-state index in [9.17, 15) is 0 Å². The molecular weight excluding hydrogens is 168 g/mol. The highest BCUT2D eigenvalue weighted by Gasteiger charge is 2.20. The molecule has 1 fully saturated rings. The normalized spacial score (nSPS) is 30.1. The van der Waals surface area contributed by atoms with Crippen molar-refractivity contribution in [3.05, 3.63) is 0 Å². The van der Waals surface area contributed by atoms with Crippen LogP contribution in [-0.4, -0.2) is 10.4 Å². The molecule has 1 aliphatic rings. The molecule has 0 aliphatic heterocycles. The summed E-state index contributed by atoms with van der Waals surface area (Å²) in [5, 5.41) is 8.08. The lowest BCUT2D eigenvalue weighted by molar-refractivity contribution is 0.357. The van der Waals surface area contributed by atoms with Crippen molar-refractivity contribution in [3.8, 4) is 0 Å². The summed E-state index contributed by atoms with van der Waals surface area (Å²) in [6.45, 7) is 2.27. The monoisotopic (exact) mass is 186 g/mol. The highest BCUT2D eigenvalue weighted by molar-refractivity contribution is 8.14. The van der Waals surface area contributed by atoms with Gasteiger partial charge in [-0.2, -0.15) is 0 Å². The lowest BCUT2D eigenvalue weighted by Gasteiger charge is -2.26. The summed E-state index contributed by atoms with van der Waals surface area (Å²) in [5.74, 6) is 0.939. The molecule has 1 saturated carbocycles. The predicted octanol–water partition coefficient (Wildman–Crippen LogP) is 2.58. The van der Waals surface area contributed by atoms with Gasteiger partial charge in [-0.15, -0.1) is 0 Å². The predicted molar refractivity (Wildman–Crippen MR) is 55.5 cm³/mol. The van der Waals surface area contributed by atoms with Gasteiger partial charge in [-0.25, -0.2) is 0 Å².